The van der Waals surface area contributed by atoms with Gasteiger partial charge in [0.1, 0.15) is 6.07 Å². The van der Waals surface area contributed by atoms with E-state index in [1.165, 1.54) is 11.0 Å². The van der Waals surface area contributed by atoms with Gasteiger partial charge < -0.3 is 14.5 Å². The Morgan fingerprint density at radius 2 is 1.76 bits per heavy atom. The number of amides is 1. The predicted molar refractivity (Wildman–Crippen MR) is 188 cm³/mol. The van der Waals surface area contributed by atoms with Gasteiger partial charge in [0.05, 0.1) is 32.0 Å². The molecule has 0 aliphatic carbocycles. The number of halogens is 5. The quantitative estimate of drug-likeness (QED) is 0.154. The molecule has 1 heterocycles. The maximum Gasteiger partial charge on any atom is 0.422 e. The second-order valence-corrected chi connectivity index (χ2v) is 14.5. The normalized spacial score (nSPS) is 15.5. The fourth-order valence-electron chi connectivity index (χ4n) is 6.55. The van der Waals surface area contributed by atoms with Crippen LogP contribution in [0.25, 0.3) is 10.8 Å². The second kappa shape index (κ2) is 15.9. The molecule has 1 saturated heterocycles. The molecule has 0 bridgehead atoms. The third-order valence-corrected chi connectivity index (χ3v) is 10.8. The van der Waals surface area contributed by atoms with E-state index in [0.29, 0.717) is 33.2 Å². The van der Waals surface area contributed by atoms with Crippen LogP contribution in [0.1, 0.15) is 58.1 Å². The van der Waals surface area contributed by atoms with Crippen molar-refractivity contribution in [1.82, 2.24) is 9.80 Å². The van der Waals surface area contributed by atoms with Gasteiger partial charge >= 0.3 is 6.18 Å². The van der Waals surface area contributed by atoms with Crippen molar-refractivity contribution in [1.29, 1.82) is 5.26 Å². The van der Waals surface area contributed by atoms with E-state index < -0.39 is 35.2 Å². The van der Waals surface area contributed by atoms with Crippen molar-refractivity contribution in [3.8, 4) is 11.8 Å². The van der Waals surface area contributed by atoms with Crippen molar-refractivity contribution in [2.24, 2.45) is 0 Å². The lowest BCUT2D eigenvalue weighted by Gasteiger charge is -2.34. The molecule has 49 heavy (non-hydrogen) atoms. The summed E-state index contributed by atoms with van der Waals surface area (Å²) < 4.78 is 57.3. The Morgan fingerprint density at radius 3 is 2.43 bits per heavy atom. The predicted octanol–water partition coefficient (Wildman–Crippen LogP) is 8.82. The Bertz CT molecular complexity index is 1890. The van der Waals surface area contributed by atoms with Gasteiger partial charge in [-0.3, -0.25) is 9.00 Å². The molecule has 4 aromatic rings. The first kappa shape index (κ1) is 36.7. The van der Waals surface area contributed by atoms with E-state index >= 15 is 0 Å². The van der Waals surface area contributed by atoms with Crippen LogP contribution in [-0.2, 0) is 10.8 Å². The standard InChI is InChI=1S/C37H36Cl2F3N3O3S/c1-44(36(46)34-30-9-4-3-7-26(30)19-28(21-43)35(34)48-23-37(40,41)42)22-27(25-11-12-31(38)32(39)20-25)15-18-45-16-13-24(14-17-45)29-8-5-6-10-33(29)49(2)47/h3-12,19-20,24,27H,13-18,22-23H2,1-2H3. The molecule has 1 aliphatic rings. The number of hydrogen-bond donors (Lipinski definition) is 0. The van der Waals surface area contributed by atoms with E-state index in [0.717, 1.165) is 48.5 Å². The fraction of sp³-hybridized carbons (Fsp3) is 0.351. The Kier molecular flexibility index (Phi) is 11.9. The Labute approximate surface area is 296 Å². The maximum absolute atomic E-state index is 14.2. The van der Waals surface area contributed by atoms with Gasteiger partial charge in [0.15, 0.2) is 12.4 Å². The number of carbonyl (C=O) groups excluding carboxylic acids is 1. The average Bonchev–Trinajstić information content (AvgIpc) is 3.09. The van der Waals surface area contributed by atoms with E-state index in [-0.39, 0.29) is 23.6 Å². The minimum atomic E-state index is -4.67. The number of nitrogens with zero attached hydrogens (tertiary/aromatic N) is 3. The van der Waals surface area contributed by atoms with Crippen molar-refractivity contribution >= 4 is 50.7 Å². The highest BCUT2D eigenvalue weighted by Gasteiger charge is 2.32. The summed E-state index contributed by atoms with van der Waals surface area (Å²) in [6.07, 6.45) is -0.458. The van der Waals surface area contributed by atoms with Gasteiger partial charge in [0.2, 0.25) is 0 Å². The molecule has 2 atom stereocenters. The molecular formula is C37H36Cl2F3N3O3S. The van der Waals surface area contributed by atoms with Crippen molar-refractivity contribution < 1.29 is 26.9 Å². The van der Waals surface area contributed by atoms with E-state index in [2.05, 4.69) is 11.0 Å². The molecule has 0 aromatic heterocycles. The summed E-state index contributed by atoms with van der Waals surface area (Å²) in [7, 11) is 0.526. The third-order valence-electron chi connectivity index (χ3n) is 9.02. The molecule has 0 spiro atoms. The lowest BCUT2D eigenvalue weighted by molar-refractivity contribution is -0.153. The number of piperidine rings is 1. The first-order chi connectivity index (χ1) is 23.4. The Balaban J connectivity index is 1.38. The summed E-state index contributed by atoms with van der Waals surface area (Å²) in [6, 6.07) is 23.3. The van der Waals surface area contributed by atoms with Crippen molar-refractivity contribution in [2.75, 3.05) is 46.1 Å². The van der Waals surface area contributed by atoms with Gasteiger partial charge in [-0.25, -0.2) is 0 Å². The number of fused-ring (bicyclic) bond motifs is 1. The first-order valence-electron chi connectivity index (χ1n) is 15.9. The lowest BCUT2D eigenvalue weighted by Crippen LogP contribution is -2.36. The van der Waals surface area contributed by atoms with Crippen molar-refractivity contribution in [3.63, 3.8) is 0 Å². The number of rotatable bonds is 11. The fourth-order valence-corrected chi connectivity index (χ4v) is 7.69. The van der Waals surface area contributed by atoms with Crippen LogP contribution in [0.5, 0.6) is 5.75 Å². The van der Waals surface area contributed by atoms with Gasteiger partial charge in [-0.15, -0.1) is 0 Å². The maximum atomic E-state index is 14.2. The Hall–Kier alpha value is -3.62. The van der Waals surface area contributed by atoms with E-state index in [1.807, 2.05) is 30.3 Å². The number of hydrogen-bond acceptors (Lipinski definition) is 5. The molecule has 0 N–H and O–H groups in total. The lowest BCUT2D eigenvalue weighted by atomic mass is 9.88. The van der Waals surface area contributed by atoms with Crippen LogP contribution in [0, 0.1) is 11.3 Å². The number of ether oxygens (including phenoxy) is 1. The molecule has 0 saturated carbocycles. The number of likely N-dealkylation sites (tertiary alicyclic amines) is 1. The van der Waals surface area contributed by atoms with Gasteiger partial charge in [-0.2, -0.15) is 18.4 Å². The highest BCUT2D eigenvalue weighted by molar-refractivity contribution is 7.84. The number of alkyl halides is 3. The Morgan fingerprint density at radius 1 is 1.06 bits per heavy atom. The molecule has 258 valence electrons. The molecule has 1 fully saturated rings. The number of likely N-dealkylation sites (N-methyl/N-ethyl adjacent to an activating group) is 1. The zero-order chi connectivity index (χ0) is 35.3. The van der Waals surface area contributed by atoms with Crippen molar-refractivity contribution in [3.05, 3.63) is 105 Å². The van der Waals surface area contributed by atoms with E-state index in [1.54, 1.807) is 49.7 Å². The molecule has 4 aromatic carbocycles. The monoisotopic (exact) mass is 729 g/mol. The van der Waals surface area contributed by atoms with Crippen LogP contribution in [0.15, 0.2) is 77.7 Å². The highest BCUT2D eigenvalue weighted by Crippen LogP contribution is 2.36. The number of benzene rings is 4. The van der Waals surface area contributed by atoms with Crippen molar-refractivity contribution in [2.45, 2.75) is 42.2 Å². The van der Waals surface area contributed by atoms with E-state index in [9.17, 15) is 27.4 Å². The van der Waals surface area contributed by atoms with Gasteiger partial charge in [-0.1, -0.05) is 71.7 Å². The van der Waals surface area contributed by atoms with Gasteiger partial charge in [0.25, 0.3) is 5.91 Å². The first-order valence-corrected chi connectivity index (χ1v) is 18.2. The van der Waals surface area contributed by atoms with E-state index in [4.69, 9.17) is 27.9 Å². The molecule has 12 heteroatoms. The largest absolute Gasteiger partial charge is 0.482 e. The molecule has 5 rings (SSSR count). The summed E-state index contributed by atoms with van der Waals surface area (Å²) in [6.45, 7) is 1.01. The van der Waals surface area contributed by atoms with Crippen LogP contribution < -0.4 is 4.74 Å². The zero-order valence-electron chi connectivity index (χ0n) is 27.1. The smallest absolute Gasteiger partial charge is 0.422 e. The second-order valence-electron chi connectivity index (χ2n) is 12.3. The minimum absolute atomic E-state index is 0.0929. The van der Waals surface area contributed by atoms with Gasteiger partial charge in [-0.05, 0) is 91.0 Å². The number of carbonyl (C=O) groups is 1. The summed E-state index contributed by atoms with van der Waals surface area (Å²) in [5.74, 6) is -0.838. The summed E-state index contributed by atoms with van der Waals surface area (Å²) in [5, 5.41) is 11.5. The van der Waals surface area contributed by atoms with Crippen LogP contribution in [0.2, 0.25) is 10.0 Å². The molecule has 6 nitrogen and oxygen atoms in total. The van der Waals surface area contributed by atoms with Gasteiger partial charge in [0, 0.05) is 30.7 Å². The van der Waals surface area contributed by atoms with Crippen LogP contribution in [0.3, 0.4) is 0 Å². The summed E-state index contributed by atoms with van der Waals surface area (Å²) >= 11 is 12.7. The summed E-state index contributed by atoms with van der Waals surface area (Å²) in [5.41, 5.74) is 1.76. The SMILES string of the molecule is CN(CC(CCN1CCC(c2ccccc2S(C)=O)CC1)c1ccc(Cl)c(Cl)c1)C(=O)c1c(OCC(F)(F)F)c(C#N)cc2ccccc12. The molecule has 1 amide bonds. The molecule has 0 radical (unpaired) electrons. The zero-order valence-corrected chi connectivity index (χ0v) is 29.4. The van der Waals surface area contributed by atoms with Crippen LogP contribution in [0.4, 0.5) is 13.2 Å². The minimum Gasteiger partial charge on any atom is -0.482 e. The molecule has 2 unspecified atom stereocenters. The van der Waals surface area contributed by atoms with Crippen LogP contribution >= 0.6 is 23.2 Å². The topological polar surface area (TPSA) is 73.6 Å². The molecule has 1 aliphatic heterocycles. The third kappa shape index (κ3) is 8.95. The van der Waals surface area contributed by atoms with Crippen LogP contribution in [-0.4, -0.2) is 72.2 Å². The molecular weight excluding hydrogens is 694 g/mol. The highest BCUT2D eigenvalue weighted by atomic mass is 35.5. The summed E-state index contributed by atoms with van der Waals surface area (Å²) in [4.78, 5) is 18.9. The number of nitriles is 1. The average molecular weight is 731 g/mol.